The van der Waals surface area contributed by atoms with Gasteiger partial charge in [-0.1, -0.05) is 166 Å². The van der Waals surface area contributed by atoms with E-state index in [1.54, 1.807) is 0 Å². The van der Waals surface area contributed by atoms with E-state index in [0.717, 1.165) is 105 Å². The lowest BCUT2D eigenvalue weighted by Gasteiger charge is -2.28. The number of phenols is 1. The molecule has 0 fully saturated rings. The van der Waals surface area contributed by atoms with Gasteiger partial charge in [-0.3, -0.25) is 8.97 Å². The van der Waals surface area contributed by atoms with Gasteiger partial charge in [0.2, 0.25) is 0 Å². The first-order valence-electron chi connectivity index (χ1n) is 24.8. The molecule has 0 saturated heterocycles. The van der Waals surface area contributed by atoms with Gasteiger partial charge in [-0.25, -0.2) is 9.97 Å². The molecule has 0 aliphatic carbocycles. The lowest BCUT2D eigenvalue weighted by atomic mass is 9.78. The van der Waals surface area contributed by atoms with Crippen molar-refractivity contribution in [3.8, 4) is 45.1 Å². The third kappa shape index (κ3) is 6.67. The predicted molar refractivity (Wildman–Crippen MR) is 293 cm³/mol. The fourth-order valence-electron chi connectivity index (χ4n) is 11.0. The van der Waals surface area contributed by atoms with E-state index >= 15 is 0 Å². The van der Waals surface area contributed by atoms with Gasteiger partial charge >= 0.3 is 0 Å². The van der Waals surface area contributed by atoms with Crippen molar-refractivity contribution in [2.24, 2.45) is 0 Å². The average molecular weight is 915 g/mol. The number of furan rings is 1. The van der Waals surface area contributed by atoms with E-state index in [1.165, 1.54) is 22.3 Å². The van der Waals surface area contributed by atoms with Crippen LogP contribution in [0.25, 0.3) is 111 Å². The summed E-state index contributed by atoms with van der Waals surface area (Å²) in [5.41, 5.74) is 17.5. The Kier molecular flexibility index (Phi) is 9.75. The van der Waals surface area contributed by atoms with Gasteiger partial charge in [0.25, 0.3) is 0 Å². The second kappa shape index (κ2) is 15.7. The van der Waals surface area contributed by atoms with Crippen LogP contribution in [0.3, 0.4) is 0 Å². The number of aromatic nitrogens is 4. The Morgan fingerprint density at radius 1 is 0.486 bits per heavy atom. The maximum Gasteiger partial charge on any atom is 0.149 e. The third-order valence-electron chi connectivity index (χ3n) is 14.6. The lowest BCUT2D eigenvalue weighted by molar-refractivity contribution is 0.446. The minimum atomic E-state index is -0.338. The van der Waals surface area contributed by atoms with Gasteiger partial charge in [0.15, 0.2) is 0 Å². The highest BCUT2D eigenvalue weighted by Gasteiger charge is 2.31. The Balaban J connectivity index is 1.20. The van der Waals surface area contributed by atoms with Crippen LogP contribution < -0.4 is 0 Å². The Labute approximate surface area is 408 Å². The first-order chi connectivity index (χ1) is 33.6. The molecule has 0 amide bonds. The number of benzene rings is 8. The monoisotopic (exact) mass is 914 g/mol. The normalized spacial score (nSPS) is 12.7. The van der Waals surface area contributed by atoms with E-state index in [2.05, 4.69) is 218 Å². The van der Waals surface area contributed by atoms with Crippen molar-refractivity contribution < 1.29 is 9.52 Å². The summed E-state index contributed by atoms with van der Waals surface area (Å²) in [6, 6.07) is 54.3. The summed E-state index contributed by atoms with van der Waals surface area (Å²) in [5.74, 6) is 1.31. The van der Waals surface area contributed by atoms with Crippen LogP contribution >= 0.6 is 0 Å². The minimum Gasteiger partial charge on any atom is -0.507 e. The largest absolute Gasteiger partial charge is 0.507 e. The predicted octanol–water partition coefficient (Wildman–Crippen LogP) is 17.6. The standard InChI is InChI=1S/C64H58N4O2/c1-36(2)45-30-39(38-20-12-11-13-21-38)31-46(37(3)4)59(45)68-54-28-19-25-44(58(54)66-62(68)50-32-40(63(5,6)7)33-51(60(50)69)64(8,9)10)43-24-18-27-53-57(43)65-61-49-35-56-48(42-23-15-17-29-55(42)70-56)34-47(49)41-22-14-16-26-52(41)67(53)61/h11-37,69H,1-10H3. The number of rotatable bonds is 6. The van der Waals surface area contributed by atoms with Crippen LogP contribution in [0, 0.1) is 0 Å². The van der Waals surface area contributed by atoms with Gasteiger partial charge in [0.05, 0.1) is 38.8 Å². The van der Waals surface area contributed by atoms with E-state index in [0.29, 0.717) is 5.82 Å². The fourth-order valence-corrected chi connectivity index (χ4v) is 11.0. The molecule has 0 bridgehead atoms. The average Bonchev–Trinajstić information content (AvgIpc) is 4.04. The molecule has 0 aliphatic rings. The van der Waals surface area contributed by atoms with Crippen LogP contribution in [0.2, 0.25) is 0 Å². The number of imidazole rings is 2. The van der Waals surface area contributed by atoms with Crippen LogP contribution in [-0.2, 0) is 10.8 Å². The summed E-state index contributed by atoms with van der Waals surface area (Å²) in [7, 11) is 0. The number of para-hydroxylation sites is 4. The first-order valence-corrected chi connectivity index (χ1v) is 24.8. The molecule has 6 heteroatoms. The summed E-state index contributed by atoms with van der Waals surface area (Å²) < 4.78 is 11.2. The molecule has 0 saturated carbocycles. The highest BCUT2D eigenvalue weighted by molar-refractivity contribution is 6.20. The Hall–Kier alpha value is -7.70. The molecule has 0 radical (unpaired) electrons. The van der Waals surface area contributed by atoms with E-state index in [4.69, 9.17) is 14.4 Å². The van der Waals surface area contributed by atoms with E-state index in [9.17, 15) is 5.11 Å². The van der Waals surface area contributed by atoms with Crippen LogP contribution in [0.1, 0.15) is 103 Å². The molecule has 4 heterocycles. The molecule has 0 atom stereocenters. The molecule has 0 spiro atoms. The highest BCUT2D eigenvalue weighted by atomic mass is 16.3. The van der Waals surface area contributed by atoms with Gasteiger partial charge in [-0.15, -0.1) is 0 Å². The molecule has 0 aliphatic heterocycles. The number of pyridine rings is 1. The third-order valence-corrected chi connectivity index (χ3v) is 14.6. The zero-order chi connectivity index (χ0) is 48.5. The van der Waals surface area contributed by atoms with Crippen LogP contribution in [0.5, 0.6) is 5.75 Å². The van der Waals surface area contributed by atoms with Gasteiger partial charge in [-0.2, -0.15) is 0 Å². The topological polar surface area (TPSA) is 68.5 Å². The lowest BCUT2D eigenvalue weighted by Crippen LogP contribution is -2.17. The summed E-state index contributed by atoms with van der Waals surface area (Å²) in [5, 5.41) is 18.2. The molecule has 12 rings (SSSR count). The van der Waals surface area contributed by atoms with Crippen molar-refractivity contribution in [2.75, 3.05) is 0 Å². The summed E-state index contributed by atoms with van der Waals surface area (Å²) in [6.45, 7) is 22.4. The molecule has 70 heavy (non-hydrogen) atoms. The van der Waals surface area contributed by atoms with Gasteiger partial charge in [-0.05, 0) is 110 Å². The molecule has 12 aromatic rings. The Bertz CT molecular complexity index is 4060. The number of phenolic OH excluding ortho intramolecular Hbond substituents is 1. The van der Waals surface area contributed by atoms with Gasteiger partial charge in [0.1, 0.15) is 28.4 Å². The number of hydrogen-bond acceptors (Lipinski definition) is 4. The second-order valence-corrected chi connectivity index (χ2v) is 22.0. The molecule has 8 aromatic carbocycles. The fraction of sp³-hybridized carbons (Fsp3) is 0.219. The van der Waals surface area contributed by atoms with Crippen molar-refractivity contribution in [3.63, 3.8) is 0 Å². The van der Waals surface area contributed by atoms with Crippen molar-refractivity contribution in [2.45, 2.75) is 91.9 Å². The zero-order valence-electron chi connectivity index (χ0n) is 41.7. The molecule has 6 nitrogen and oxygen atoms in total. The van der Waals surface area contributed by atoms with Crippen molar-refractivity contribution in [1.29, 1.82) is 0 Å². The maximum absolute atomic E-state index is 12.7. The summed E-state index contributed by atoms with van der Waals surface area (Å²) in [6.07, 6.45) is 0. The number of aromatic hydroxyl groups is 1. The van der Waals surface area contributed by atoms with Gasteiger partial charge in [0, 0.05) is 38.2 Å². The summed E-state index contributed by atoms with van der Waals surface area (Å²) >= 11 is 0. The number of nitrogens with zero attached hydrogens (tertiary/aromatic N) is 4. The van der Waals surface area contributed by atoms with Crippen molar-refractivity contribution in [1.82, 2.24) is 18.9 Å². The highest BCUT2D eigenvalue weighted by Crippen LogP contribution is 2.48. The first kappa shape index (κ1) is 43.6. The van der Waals surface area contributed by atoms with E-state index in [-0.39, 0.29) is 28.4 Å². The van der Waals surface area contributed by atoms with E-state index < -0.39 is 0 Å². The second-order valence-electron chi connectivity index (χ2n) is 22.0. The molecule has 4 aromatic heterocycles. The van der Waals surface area contributed by atoms with Crippen LogP contribution in [-0.4, -0.2) is 24.0 Å². The van der Waals surface area contributed by atoms with Crippen molar-refractivity contribution >= 4 is 71.3 Å². The summed E-state index contributed by atoms with van der Waals surface area (Å²) in [4.78, 5) is 11.4. The maximum atomic E-state index is 12.7. The molecule has 346 valence electrons. The SMILES string of the molecule is CC(C)c1cc(-c2ccccc2)cc(C(C)C)c1-n1c(-c2cc(C(C)(C)C)cc(C(C)(C)C)c2O)nc2c(-c3cccc4c3nc3c5cc6oc7ccccc7c6cc5c5ccccc5n43)cccc21. The van der Waals surface area contributed by atoms with Crippen molar-refractivity contribution in [3.05, 3.63) is 174 Å². The minimum absolute atomic E-state index is 0.168. The molecular weight excluding hydrogens is 857 g/mol. The molecule has 0 unspecified atom stereocenters. The number of fused-ring (bicyclic) bond motifs is 12. The smallest absolute Gasteiger partial charge is 0.149 e. The number of hydrogen-bond donors (Lipinski definition) is 1. The van der Waals surface area contributed by atoms with Crippen LogP contribution in [0.15, 0.2) is 156 Å². The van der Waals surface area contributed by atoms with Crippen LogP contribution in [0.4, 0.5) is 0 Å². The zero-order valence-corrected chi connectivity index (χ0v) is 41.7. The molecular formula is C64H58N4O2. The molecule has 1 N–H and O–H groups in total. The van der Waals surface area contributed by atoms with E-state index in [1.807, 2.05) is 12.1 Å². The Morgan fingerprint density at radius 2 is 1.10 bits per heavy atom. The van der Waals surface area contributed by atoms with Gasteiger partial charge < -0.3 is 9.52 Å². The quantitative estimate of drug-likeness (QED) is 0.169. The Morgan fingerprint density at radius 3 is 1.77 bits per heavy atom.